The van der Waals surface area contributed by atoms with Crippen LogP contribution in [0.5, 0.6) is 11.6 Å². The van der Waals surface area contributed by atoms with Crippen LogP contribution in [0.15, 0.2) is 71.5 Å². The summed E-state index contributed by atoms with van der Waals surface area (Å²) >= 11 is 0. The summed E-state index contributed by atoms with van der Waals surface area (Å²) in [5.41, 5.74) is 0.408. The van der Waals surface area contributed by atoms with Crippen molar-refractivity contribution in [2.75, 3.05) is 19.6 Å². The van der Waals surface area contributed by atoms with Crippen LogP contribution in [0.4, 0.5) is 0 Å². The maximum absolute atomic E-state index is 12.9. The number of rotatable bonds is 7. The summed E-state index contributed by atoms with van der Waals surface area (Å²) in [6.07, 6.45) is 5.63. The Balaban J connectivity index is 1.47. The first-order valence-electron chi connectivity index (χ1n) is 9.55. The quantitative estimate of drug-likeness (QED) is 0.673. The highest BCUT2D eigenvalue weighted by Crippen LogP contribution is 2.26. The summed E-state index contributed by atoms with van der Waals surface area (Å²) in [5.74, 6) is 1.59. The third kappa shape index (κ3) is 4.23. The zero-order valence-corrected chi connectivity index (χ0v) is 15.6. The molecule has 2 aromatic heterocycles. The maximum atomic E-state index is 12.9. The number of furan rings is 1. The predicted octanol–water partition coefficient (Wildman–Crippen LogP) is 4.03. The van der Waals surface area contributed by atoms with Gasteiger partial charge in [-0.05, 0) is 62.3 Å². The molecule has 6 heteroatoms. The molecule has 144 valence electrons. The van der Waals surface area contributed by atoms with Crippen LogP contribution in [0.2, 0.25) is 0 Å². The SMILES string of the molecule is O=C(NCC(c1ccco1)N1CCCC1)c1cccnc1Oc1ccccc1. The van der Waals surface area contributed by atoms with Gasteiger partial charge in [0.25, 0.3) is 5.91 Å². The number of hydrogen-bond donors (Lipinski definition) is 1. The van der Waals surface area contributed by atoms with Crippen LogP contribution >= 0.6 is 0 Å². The van der Waals surface area contributed by atoms with Crippen molar-refractivity contribution in [1.82, 2.24) is 15.2 Å². The summed E-state index contributed by atoms with van der Waals surface area (Å²) in [7, 11) is 0. The Morgan fingerprint density at radius 1 is 1.11 bits per heavy atom. The molecule has 1 amide bonds. The van der Waals surface area contributed by atoms with Crippen LogP contribution in [0.1, 0.15) is 35.0 Å². The molecule has 0 aliphatic carbocycles. The summed E-state index contributed by atoms with van der Waals surface area (Å²) < 4.78 is 11.4. The molecule has 0 spiro atoms. The van der Waals surface area contributed by atoms with Crippen molar-refractivity contribution in [3.8, 4) is 11.6 Å². The zero-order chi connectivity index (χ0) is 19.2. The highest BCUT2D eigenvalue weighted by atomic mass is 16.5. The summed E-state index contributed by atoms with van der Waals surface area (Å²) in [4.78, 5) is 19.5. The van der Waals surface area contributed by atoms with Crippen molar-refractivity contribution < 1.29 is 13.9 Å². The Labute approximate surface area is 164 Å². The number of nitrogens with zero attached hydrogens (tertiary/aromatic N) is 2. The maximum Gasteiger partial charge on any atom is 0.256 e. The number of hydrogen-bond acceptors (Lipinski definition) is 5. The number of likely N-dealkylation sites (tertiary alicyclic amines) is 1. The lowest BCUT2D eigenvalue weighted by Crippen LogP contribution is -2.36. The highest BCUT2D eigenvalue weighted by molar-refractivity contribution is 5.96. The lowest BCUT2D eigenvalue weighted by atomic mass is 10.2. The molecule has 6 nitrogen and oxygen atoms in total. The third-order valence-corrected chi connectivity index (χ3v) is 4.88. The van der Waals surface area contributed by atoms with Crippen LogP contribution in [0.3, 0.4) is 0 Å². The number of amides is 1. The standard InChI is InChI=1S/C22H23N3O3/c26-21(18-10-6-12-23-22(18)28-17-8-2-1-3-9-17)24-16-19(20-11-7-15-27-20)25-13-4-5-14-25/h1-3,6-12,15,19H,4-5,13-14,16H2,(H,24,26). The fourth-order valence-corrected chi connectivity index (χ4v) is 3.47. The van der Waals surface area contributed by atoms with E-state index in [1.807, 2.05) is 42.5 Å². The first-order chi connectivity index (χ1) is 13.8. The van der Waals surface area contributed by atoms with Crippen LogP contribution in [0, 0.1) is 0 Å². The van der Waals surface area contributed by atoms with Gasteiger partial charge in [0.2, 0.25) is 5.88 Å². The molecule has 1 N–H and O–H groups in total. The van der Waals surface area contributed by atoms with Gasteiger partial charge in [-0.15, -0.1) is 0 Å². The van der Waals surface area contributed by atoms with Crippen molar-refractivity contribution >= 4 is 5.91 Å². The number of nitrogens with one attached hydrogen (secondary N) is 1. The summed E-state index contributed by atoms with van der Waals surface area (Å²) in [5, 5.41) is 3.03. The molecule has 1 unspecified atom stereocenters. The van der Waals surface area contributed by atoms with Gasteiger partial charge in [-0.25, -0.2) is 4.98 Å². The minimum absolute atomic E-state index is 0.0246. The second-order valence-corrected chi connectivity index (χ2v) is 6.76. The molecule has 4 rings (SSSR count). The summed E-state index contributed by atoms with van der Waals surface area (Å²) in [6.45, 7) is 2.49. The van der Waals surface area contributed by atoms with Crippen LogP contribution < -0.4 is 10.1 Å². The Morgan fingerprint density at radius 3 is 2.68 bits per heavy atom. The molecular weight excluding hydrogens is 354 g/mol. The zero-order valence-electron chi connectivity index (χ0n) is 15.6. The molecule has 0 radical (unpaired) electrons. The average Bonchev–Trinajstić information content (AvgIpc) is 3.44. The molecule has 0 bridgehead atoms. The molecule has 1 atom stereocenters. The number of benzene rings is 1. The molecular formula is C22H23N3O3. The lowest BCUT2D eigenvalue weighted by molar-refractivity contribution is 0.0931. The van der Waals surface area contributed by atoms with E-state index in [9.17, 15) is 4.79 Å². The number of aromatic nitrogens is 1. The van der Waals surface area contributed by atoms with Gasteiger partial charge in [0.1, 0.15) is 17.1 Å². The van der Waals surface area contributed by atoms with Gasteiger partial charge in [0.05, 0.1) is 12.3 Å². The molecule has 1 aromatic carbocycles. The van der Waals surface area contributed by atoms with Crippen molar-refractivity contribution in [3.05, 3.63) is 78.4 Å². The largest absolute Gasteiger partial charge is 0.468 e. The van der Waals surface area contributed by atoms with E-state index in [2.05, 4.69) is 15.2 Å². The second-order valence-electron chi connectivity index (χ2n) is 6.76. The van der Waals surface area contributed by atoms with E-state index in [0.29, 0.717) is 23.7 Å². The predicted molar refractivity (Wildman–Crippen MR) is 105 cm³/mol. The second kappa shape index (κ2) is 8.71. The summed E-state index contributed by atoms with van der Waals surface area (Å²) in [6, 6.07) is 16.6. The number of para-hydroxylation sites is 1. The number of carbonyl (C=O) groups excluding carboxylic acids is 1. The minimum atomic E-state index is -0.213. The molecule has 1 fully saturated rings. The molecule has 1 saturated heterocycles. The Bertz CT molecular complexity index is 890. The van der Waals surface area contributed by atoms with Crippen molar-refractivity contribution in [3.63, 3.8) is 0 Å². The van der Waals surface area contributed by atoms with E-state index in [4.69, 9.17) is 9.15 Å². The fraction of sp³-hybridized carbons (Fsp3) is 0.273. The van der Waals surface area contributed by atoms with Gasteiger partial charge in [-0.3, -0.25) is 9.69 Å². The van der Waals surface area contributed by atoms with Gasteiger partial charge >= 0.3 is 0 Å². The van der Waals surface area contributed by atoms with Crippen LogP contribution in [-0.2, 0) is 0 Å². The van der Waals surface area contributed by atoms with Crippen molar-refractivity contribution in [2.45, 2.75) is 18.9 Å². The van der Waals surface area contributed by atoms with E-state index in [1.54, 1.807) is 24.6 Å². The Kier molecular flexibility index (Phi) is 5.68. The Hall–Kier alpha value is -3.12. The number of ether oxygens (including phenoxy) is 1. The third-order valence-electron chi connectivity index (χ3n) is 4.88. The number of pyridine rings is 1. The lowest BCUT2D eigenvalue weighted by Gasteiger charge is -2.26. The molecule has 3 heterocycles. The van der Waals surface area contributed by atoms with E-state index >= 15 is 0 Å². The number of carbonyl (C=O) groups is 1. The van der Waals surface area contributed by atoms with Gasteiger partial charge in [-0.2, -0.15) is 0 Å². The molecule has 0 saturated carbocycles. The minimum Gasteiger partial charge on any atom is -0.468 e. The highest BCUT2D eigenvalue weighted by Gasteiger charge is 2.26. The van der Waals surface area contributed by atoms with Gasteiger partial charge in [0.15, 0.2) is 0 Å². The van der Waals surface area contributed by atoms with E-state index < -0.39 is 0 Å². The van der Waals surface area contributed by atoms with Gasteiger partial charge in [0, 0.05) is 12.7 Å². The van der Waals surface area contributed by atoms with Crippen LogP contribution in [-0.4, -0.2) is 35.4 Å². The fourth-order valence-electron chi connectivity index (χ4n) is 3.47. The van der Waals surface area contributed by atoms with Gasteiger partial charge in [-0.1, -0.05) is 18.2 Å². The van der Waals surface area contributed by atoms with Crippen LogP contribution in [0.25, 0.3) is 0 Å². The monoisotopic (exact) mass is 377 g/mol. The smallest absolute Gasteiger partial charge is 0.256 e. The van der Waals surface area contributed by atoms with E-state index in [0.717, 1.165) is 18.8 Å². The Morgan fingerprint density at radius 2 is 1.93 bits per heavy atom. The first-order valence-corrected chi connectivity index (χ1v) is 9.55. The van der Waals surface area contributed by atoms with E-state index in [-0.39, 0.29) is 11.9 Å². The molecule has 1 aliphatic heterocycles. The molecule has 28 heavy (non-hydrogen) atoms. The topological polar surface area (TPSA) is 67.6 Å². The average molecular weight is 377 g/mol. The molecule has 1 aliphatic rings. The van der Waals surface area contributed by atoms with Gasteiger partial charge < -0.3 is 14.5 Å². The van der Waals surface area contributed by atoms with Crippen molar-refractivity contribution in [2.24, 2.45) is 0 Å². The first kappa shape index (κ1) is 18.3. The normalized spacial score (nSPS) is 15.3. The van der Waals surface area contributed by atoms with E-state index in [1.165, 1.54) is 12.8 Å². The molecule has 3 aromatic rings. The van der Waals surface area contributed by atoms with Crippen molar-refractivity contribution in [1.29, 1.82) is 0 Å².